The summed E-state index contributed by atoms with van der Waals surface area (Å²) in [7, 11) is 1.25. The Kier molecular flexibility index (Phi) is 7.18. The molecule has 1 aromatic heterocycles. The van der Waals surface area contributed by atoms with Crippen LogP contribution >= 0.6 is 0 Å². The fourth-order valence-electron chi connectivity index (χ4n) is 3.85. The Morgan fingerprint density at radius 3 is 2.31 bits per heavy atom. The fourth-order valence-corrected chi connectivity index (χ4v) is 3.85. The number of carboxylic acid groups (broad SMARTS) is 1. The third-order valence-electron chi connectivity index (χ3n) is 5.50. The van der Waals surface area contributed by atoms with Gasteiger partial charge in [0, 0.05) is 28.8 Å². The largest absolute Gasteiger partial charge is 0.494 e. The van der Waals surface area contributed by atoms with Gasteiger partial charge in [-0.15, -0.1) is 0 Å². The lowest BCUT2D eigenvalue weighted by Gasteiger charge is -2.12. The van der Waals surface area contributed by atoms with Crippen molar-refractivity contribution in [2.24, 2.45) is 0 Å². The number of halogens is 4. The second kappa shape index (κ2) is 9.77. The number of carboxylic acids is 1. The van der Waals surface area contributed by atoms with Crippen LogP contribution in [0.3, 0.4) is 0 Å². The van der Waals surface area contributed by atoms with E-state index < -0.39 is 41.4 Å². The van der Waals surface area contributed by atoms with Crippen LogP contribution in [0.5, 0.6) is 5.75 Å². The minimum absolute atomic E-state index is 0.0692. The number of benzene rings is 2. The van der Waals surface area contributed by atoms with Gasteiger partial charge in [-0.1, -0.05) is 0 Å². The second-order valence-electron chi connectivity index (χ2n) is 8.03. The van der Waals surface area contributed by atoms with E-state index in [1.807, 2.05) is 0 Å². The molecule has 3 aromatic rings. The number of fused-ring (bicyclic) bond motifs is 1. The molecule has 1 heterocycles. The first kappa shape index (κ1) is 25.7. The van der Waals surface area contributed by atoms with Crippen molar-refractivity contribution in [3.05, 3.63) is 64.6 Å². The summed E-state index contributed by atoms with van der Waals surface area (Å²) < 4.78 is 59.4. The molecule has 3 rings (SSSR count). The van der Waals surface area contributed by atoms with Gasteiger partial charge in [-0.05, 0) is 49.7 Å². The number of nitrogens with zero attached hydrogens (tertiary/aromatic N) is 1. The van der Waals surface area contributed by atoms with Crippen LogP contribution in [-0.2, 0) is 22.2 Å². The molecule has 186 valence electrons. The van der Waals surface area contributed by atoms with Crippen LogP contribution < -0.4 is 10.1 Å². The van der Waals surface area contributed by atoms with Crippen LogP contribution in [0.4, 0.5) is 17.6 Å². The smallest absolute Gasteiger partial charge is 0.416 e. The summed E-state index contributed by atoms with van der Waals surface area (Å²) in [5.74, 6) is -3.22. The highest BCUT2D eigenvalue weighted by Crippen LogP contribution is 2.33. The molecule has 2 N–H and O–H groups in total. The summed E-state index contributed by atoms with van der Waals surface area (Å²) in [5, 5.41) is 11.8. The summed E-state index contributed by atoms with van der Waals surface area (Å²) in [5.41, 5.74) is -0.253. The van der Waals surface area contributed by atoms with E-state index in [4.69, 9.17) is 9.84 Å². The van der Waals surface area contributed by atoms with Crippen molar-refractivity contribution in [1.29, 1.82) is 0 Å². The lowest BCUT2D eigenvalue weighted by Crippen LogP contribution is -2.35. The number of methoxy groups -OCH3 is 1. The van der Waals surface area contributed by atoms with Crippen molar-refractivity contribution in [3.8, 4) is 5.75 Å². The normalized spacial score (nSPS) is 12.4. The first-order valence-electron chi connectivity index (χ1n) is 10.4. The van der Waals surface area contributed by atoms with Gasteiger partial charge < -0.3 is 15.2 Å². The van der Waals surface area contributed by atoms with E-state index in [9.17, 15) is 31.9 Å². The molecule has 0 bridgehead atoms. The van der Waals surface area contributed by atoms with Gasteiger partial charge in [-0.25, -0.2) is 4.39 Å². The van der Waals surface area contributed by atoms with Crippen LogP contribution in [-0.4, -0.2) is 40.6 Å². The van der Waals surface area contributed by atoms with E-state index in [-0.39, 0.29) is 35.4 Å². The number of nitrogens with one attached hydrogen (secondary N) is 1. The van der Waals surface area contributed by atoms with E-state index >= 15 is 0 Å². The fraction of sp³-hybridized carbons (Fsp3) is 0.292. The van der Waals surface area contributed by atoms with Crippen molar-refractivity contribution in [3.63, 3.8) is 0 Å². The predicted octanol–water partition coefficient (Wildman–Crippen LogP) is 4.33. The summed E-state index contributed by atoms with van der Waals surface area (Å²) >= 11 is 0. The molecular formula is C24H22F4N2O5. The second-order valence-corrected chi connectivity index (χ2v) is 8.03. The van der Waals surface area contributed by atoms with Gasteiger partial charge in [0.05, 0.1) is 31.0 Å². The number of carbonyl (C=O) groups excluding carboxylic acids is 2. The van der Waals surface area contributed by atoms with Crippen LogP contribution in [0.1, 0.15) is 40.5 Å². The molecule has 0 saturated carbocycles. The molecule has 0 fully saturated rings. The molecule has 1 unspecified atom stereocenters. The summed E-state index contributed by atoms with van der Waals surface area (Å²) in [6.07, 6.45) is -5.12. The standard InChI is InChI=1S/C24H22F4N2O5/c1-12(8-22(32)33)29-21(31)10-16-13(2)30(19-11-18(25)20(35-3)9-17(16)19)23(34)14-4-6-15(7-5-14)24(26,27)28/h4-7,9,11-12H,8,10H2,1-3H3,(H,29,31)(H,32,33). The summed E-state index contributed by atoms with van der Waals surface area (Å²) in [4.78, 5) is 36.7. The van der Waals surface area contributed by atoms with E-state index in [1.54, 1.807) is 0 Å². The number of ether oxygens (including phenoxy) is 1. The maximum atomic E-state index is 14.5. The highest BCUT2D eigenvalue weighted by Gasteiger charge is 2.31. The Hall–Kier alpha value is -3.89. The maximum absolute atomic E-state index is 14.5. The van der Waals surface area contributed by atoms with Crippen LogP contribution in [0, 0.1) is 12.7 Å². The van der Waals surface area contributed by atoms with Crippen molar-refractivity contribution in [1.82, 2.24) is 9.88 Å². The Morgan fingerprint density at radius 2 is 1.77 bits per heavy atom. The molecule has 0 aliphatic carbocycles. The van der Waals surface area contributed by atoms with Gasteiger partial charge in [-0.2, -0.15) is 13.2 Å². The zero-order chi connectivity index (χ0) is 26.1. The van der Waals surface area contributed by atoms with Crippen LogP contribution in [0.25, 0.3) is 10.9 Å². The van der Waals surface area contributed by atoms with Gasteiger partial charge in [-0.3, -0.25) is 19.0 Å². The average molecular weight is 494 g/mol. The average Bonchev–Trinajstić information content (AvgIpc) is 3.01. The minimum Gasteiger partial charge on any atom is -0.494 e. The van der Waals surface area contributed by atoms with Crippen molar-refractivity contribution in [2.75, 3.05) is 7.11 Å². The maximum Gasteiger partial charge on any atom is 0.416 e. The molecule has 0 spiro atoms. The van der Waals surface area contributed by atoms with E-state index in [0.29, 0.717) is 10.9 Å². The Balaban J connectivity index is 2.07. The Bertz CT molecular complexity index is 1300. The van der Waals surface area contributed by atoms with Gasteiger partial charge in [0.25, 0.3) is 5.91 Å². The molecule has 7 nitrogen and oxygen atoms in total. The van der Waals surface area contributed by atoms with E-state index in [1.165, 1.54) is 27.0 Å². The number of hydrogen-bond donors (Lipinski definition) is 2. The first-order valence-corrected chi connectivity index (χ1v) is 10.4. The van der Waals surface area contributed by atoms with E-state index in [2.05, 4.69) is 5.32 Å². The molecule has 35 heavy (non-hydrogen) atoms. The quantitative estimate of drug-likeness (QED) is 0.477. The molecule has 0 saturated heterocycles. The monoisotopic (exact) mass is 494 g/mol. The van der Waals surface area contributed by atoms with Crippen molar-refractivity contribution < 1.29 is 41.8 Å². The highest BCUT2D eigenvalue weighted by atomic mass is 19.4. The molecular weight excluding hydrogens is 472 g/mol. The highest BCUT2D eigenvalue weighted by molar-refractivity contribution is 6.05. The number of hydrogen-bond acceptors (Lipinski definition) is 4. The van der Waals surface area contributed by atoms with Gasteiger partial charge in [0.1, 0.15) is 0 Å². The lowest BCUT2D eigenvalue weighted by atomic mass is 10.1. The van der Waals surface area contributed by atoms with Gasteiger partial charge in [0.2, 0.25) is 5.91 Å². The zero-order valence-electron chi connectivity index (χ0n) is 19.0. The summed E-state index contributed by atoms with van der Waals surface area (Å²) in [6, 6.07) is 5.32. The van der Waals surface area contributed by atoms with Gasteiger partial charge in [0.15, 0.2) is 11.6 Å². The topological polar surface area (TPSA) is 97.6 Å². The Labute approximate surface area is 197 Å². The third-order valence-corrected chi connectivity index (χ3v) is 5.50. The predicted molar refractivity (Wildman–Crippen MR) is 118 cm³/mol. The molecule has 0 aliphatic heterocycles. The van der Waals surface area contributed by atoms with Crippen molar-refractivity contribution in [2.45, 2.75) is 38.9 Å². The molecule has 1 atom stereocenters. The van der Waals surface area contributed by atoms with Gasteiger partial charge >= 0.3 is 12.1 Å². The molecule has 2 aromatic carbocycles. The number of aromatic nitrogens is 1. The lowest BCUT2D eigenvalue weighted by molar-refractivity contribution is -0.138. The first-order chi connectivity index (χ1) is 16.3. The molecule has 11 heteroatoms. The summed E-state index contributed by atoms with van der Waals surface area (Å²) in [6.45, 7) is 3.05. The number of carbonyl (C=O) groups is 3. The third kappa shape index (κ3) is 5.44. The van der Waals surface area contributed by atoms with E-state index in [0.717, 1.165) is 34.9 Å². The number of amides is 1. The SMILES string of the molecule is COc1cc2c(CC(=O)NC(C)CC(=O)O)c(C)n(C(=O)c3ccc(C(F)(F)F)cc3)c2cc1F. The zero-order valence-corrected chi connectivity index (χ0v) is 19.0. The van der Waals surface area contributed by atoms with Crippen LogP contribution in [0.15, 0.2) is 36.4 Å². The molecule has 1 amide bonds. The Morgan fingerprint density at radius 1 is 1.14 bits per heavy atom. The minimum atomic E-state index is -4.57. The number of aliphatic carboxylic acids is 1. The number of rotatable bonds is 7. The molecule has 0 aliphatic rings. The number of alkyl halides is 3. The van der Waals surface area contributed by atoms with Crippen LogP contribution in [0.2, 0.25) is 0 Å². The molecule has 0 radical (unpaired) electrons. The van der Waals surface area contributed by atoms with Crippen molar-refractivity contribution >= 4 is 28.7 Å².